The summed E-state index contributed by atoms with van der Waals surface area (Å²) in [5.74, 6) is -0.511. The van der Waals surface area contributed by atoms with Crippen molar-refractivity contribution in [1.29, 1.82) is 0 Å². The standard InChI is InChI=1S/2C18H36O2.C4H6O2.C3H8O.Ti/c2*1-17(2)15-13-11-9-7-5-3-4-6-8-10-12-14-16-18(19)20;1-3(2)4(5)6;1-3(2)4;/h2*17H,3-16H2,1-2H3,(H,19,20);1H2,2H3,(H,5,6);3-4H,1-2H3;. The maximum Gasteiger partial charge on any atom is 0.330 e. The fourth-order valence-corrected chi connectivity index (χ4v) is 5.19. The summed E-state index contributed by atoms with van der Waals surface area (Å²) >= 11 is 0. The first-order valence-corrected chi connectivity index (χ1v) is 20.6. The summed E-state index contributed by atoms with van der Waals surface area (Å²) in [5, 5.41) is 33.0. The van der Waals surface area contributed by atoms with E-state index in [-0.39, 0.29) is 33.4 Å². The first-order valence-electron chi connectivity index (χ1n) is 20.6. The second kappa shape index (κ2) is 48.8. The van der Waals surface area contributed by atoms with E-state index in [2.05, 4.69) is 34.3 Å². The molecule has 8 heteroatoms. The van der Waals surface area contributed by atoms with Gasteiger partial charge in [-0.05, 0) is 45.4 Å². The summed E-state index contributed by atoms with van der Waals surface area (Å²) in [6.07, 6.45) is 34.5. The molecule has 7 nitrogen and oxygen atoms in total. The molecule has 51 heavy (non-hydrogen) atoms. The summed E-state index contributed by atoms with van der Waals surface area (Å²) in [6, 6.07) is 0. The van der Waals surface area contributed by atoms with Gasteiger partial charge in [0.2, 0.25) is 0 Å². The third-order valence-corrected chi connectivity index (χ3v) is 8.21. The van der Waals surface area contributed by atoms with E-state index in [9.17, 15) is 14.4 Å². The van der Waals surface area contributed by atoms with E-state index in [0.717, 1.165) is 37.5 Å². The van der Waals surface area contributed by atoms with E-state index in [1.54, 1.807) is 13.8 Å². The van der Waals surface area contributed by atoms with E-state index < -0.39 is 17.9 Å². The van der Waals surface area contributed by atoms with Gasteiger partial charge in [-0.25, -0.2) is 4.79 Å². The van der Waals surface area contributed by atoms with Crippen LogP contribution in [0.3, 0.4) is 0 Å². The summed E-state index contributed by atoms with van der Waals surface area (Å²) in [6.45, 7) is 17.3. The van der Waals surface area contributed by atoms with Crippen LogP contribution in [-0.2, 0) is 36.1 Å². The average molecular weight is 763 g/mol. The molecule has 0 saturated heterocycles. The Morgan fingerprint density at radius 1 is 0.431 bits per heavy atom. The minimum Gasteiger partial charge on any atom is -0.481 e. The van der Waals surface area contributed by atoms with E-state index in [1.165, 1.54) is 148 Å². The third kappa shape index (κ3) is 78.9. The van der Waals surface area contributed by atoms with Gasteiger partial charge in [0.1, 0.15) is 0 Å². The van der Waals surface area contributed by atoms with Crippen LogP contribution in [0, 0.1) is 11.8 Å². The first-order chi connectivity index (χ1) is 23.6. The van der Waals surface area contributed by atoms with Crippen LogP contribution >= 0.6 is 0 Å². The molecule has 0 fully saturated rings. The van der Waals surface area contributed by atoms with Gasteiger partial charge in [-0.15, -0.1) is 0 Å². The van der Waals surface area contributed by atoms with Crippen LogP contribution in [0.4, 0.5) is 0 Å². The van der Waals surface area contributed by atoms with Crippen LogP contribution in [0.2, 0.25) is 0 Å². The van der Waals surface area contributed by atoms with Crippen LogP contribution in [0.5, 0.6) is 0 Å². The quantitative estimate of drug-likeness (QED) is 0.0314. The second-order valence-electron chi connectivity index (χ2n) is 15.3. The van der Waals surface area contributed by atoms with E-state index >= 15 is 0 Å². The number of aliphatic carboxylic acids is 3. The van der Waals surface area contributed by atoms with E-state index in [0.29, 0.717) is 12.8 Å². The van der Waals surface area contributed by atoms with Crippen molar-refractivity contribution in [1.82, 2.24) is 0 Å². The number of carboxylic acids is 3. The Kier molecular flexibility index (Phi) is 56.6. The van der Waals surface area contributed by atoms with Gasteiger partial charge in [-0.1, -0.05) is 188 Å². The zero-order valence-electron chi connectivity index (χ0n) is 34.8. The normalized spacial score (nSPS) is 10.3. The molecule has 0 amide bonds. The molecule has 0 aromatic rings. The number of hydrogen-bond acceptors (Lipinski definition) is 4. The van der Waals surface area contributed by atoms with Gasteiger partial charge < -0.3 is 20.4 Å². The van der Waals surface area contributed by atoms with Crippen LogP contribution < -0.4 is 0 Å². The molecule has 0 saturated carbocycles. The number of carboxylic acid groups (broad SMARTS) is 3. The minimum absolute atomic E-state index is 0. The van der Waals surface area contributed by atoms with E-state index in [4.69, 9.17) is 20.4 Å². The Labute approximate surface area is 331 Å². The molecule has 0 atom stereocenters. The predicted octanol–water partition coefficient (Wildman–Crippen LogP) is 13.4. The SMILES string of the molecule is C=C(C)C(=O)O.CC(C)CCCCCCCCCCCCCCC(=O)O.CC(C)CCCCCCCCCCCCCCC(=O)O.CC(C)O.[Ti]. The Hall–Kier alpha value is -1.18. The maximum atomic E-state index is 10.3. The van der Waals surface area contributed by atoms with Crippen LogP contribution in [0.15, 0.2) is 12.2 Å². The van der Waals surface area contributed by atoms with Gasteiger partial charge in [0.15, 0.2) is 0 Å². The molecule has 0 aliphatic carbocycles. The molecule has 304 valence electrons. The average Bonchev–Trinajstić information content (AvgIpc) is 3.01. The Bertz CT molecular complexity index is 677. The monoisotopic (exact) mass is 763 g/mol. The maximum absolute atomic E-state index is 10.3. The molecule has 0 bridgehead atoms. The zero-order chi connectivity index (χ0) is 38.8. The number of carbonyl (C=O) groups is 3. The van der Waals surface area contributed by atoms with Crippen molar-refractivity contribution in [2.24, 2.45) is 11.8 Å². The van der Waals surface area contributed by atoms with Gasteiger partial charge in [0.25, 0.3) is 0 Å². The summed E-state index contributed by atoms with van der Waals surface area (Å²) in [4.78, 5) is 30.3. The predicted molar refractivity (Wildman–Crippen MR) is 214 cm³/mol. The van der Waals surface area contributed by atoms with Crippen molar-refractivity contribution >= 4 is 17.9 Å². The molecule has 0 heterocycles. The van der Waals surface area contributed by atoms with Crippen molar-refractivity contribution in [2.75, 3.05) is 0 Å². The molecular weight excluding hydrogens is 676 g/mol. The van der Waals surface area contributed by atoms with Gasteiger partial charge in [0, 0.05) is 46.2 Å². The molecular formula is C43H86O7Ti. The second-order valence-corrected chi connectivity index (χ2v) is 15.3. The summed E-state index contributed by atoms with van der Waals surface area (Å²) in [7, 11) is 0. The van der Waals surface area contributed by atoms with Gasteiger partial charge in [0.05, 0.1) is 0 Å². The topological polar surface area (TPSA) is 132 Å². The van der Waals surface area contributed by atoms with Crippen molar-refractivity contribution in [3.05, 3.63) is 12.2 Å². The Balaban J connectivity index is -0.000000215. The van der Waals surface area contributed by atoms with Gasteiger partial charge in [-0.3, -0.25) is 9.59 Å². The minimum atomic E-state index is -0.935. The molecule has 0 unspecified atom stereocenters. The number of hydrogen-bond donors (Lipinski definition) is 4. The molecule has 0 aliphatic rings. The van der Waals surface area contributed by atoms with Crippen LogP contribution in [0.1, 0.15) is 228 Å². The fraction of sp³-hybridized carbons (Fsp3) is 0.884. The zero-order valence-corrected chi connectivity index (χ0v) is 36.3. The number of rotatable bonds is 31. The summed E-state index contributed by atoms with van der Waals surface area (Å²) < 4.78 is 0. The van der Waals surface area contributed by atoms with Crippen molar-refractivity contribution in [3.63, 3.8) is 0 Å². The largest absolute Gasteiger partial charge is 0.481 e. The van der Waals surface area contributed by atoms with Crippen LogP contribution in [0.25, 0.3) is 0 Å². The Morgan fingerprint density at radius 3 is 0.725 bits per heavy atom. The number of unbranched alkanes of at least 4 members (excludes halogenated alkanes) is 22. The fourth-order valence-electron chi connectivity index (χ4n) is 5.19. The summed E-state index contributed by atoms with van der Waals surface area (Å²) in [5.41, 5.74) is 0.176. The van der Waals surface area contributed by atoms with Crippen molar-refractivity contribution < 1.29 is 56.5 Å². The van der Waals surface area contributed by atoms with Crippen molar-refractivity contribution in [2.45, 2.75) is 234 Å². The number of aliphatic hydroxyl groups excluding tert-OH is 1. The first kappa shape index (κ1) is 59.1. The molecule has 0 aromatic heterocycles. The van der Waals surface area contributed by atoms with Gasteiger partial charge >= 0.3 is 17.9 Å². The molecule has 0 aromatic carbocycles. The molecule has 0 spiro atoms. The molecule has 0 rings (SSSR count). The van der Waals surface area contributed by atoms with Gasteiger partial charge in [-0.2, -0.15) is 0 Å². The Morgan fingerprint density at radius 2 is 0.588 bits per heavy atom. The number of aliphatic hydroxyl groups is 1. The molecule has 0 aliphatic heterocycles. The molecule has 0 radical (unpaired) electrons. The van der Waals surface area contributed by atoms with Crippen LogP contribution in [-0.4, -0.2) is 44.4 Å². The third-order valence-electron chi connectivity index (χ3n) is 8.21. The molecule has 4 N–H and O–H groups in total. The van der Waals surface area contributed by atoms with E-state index in [1.807, 2.05) is 0 Å². The van der Waals surface area contributed by atoms with Crippen molar-refractivity contribution in [3.8, 4) is 0 Å². The smallest absolute Gasteiger partial charge is 0.330 e.